The fourth-order valence-corrected chi connectivity index (χ4v) is 3.01. The summed E-state index contributed by atoms with van der Waals surface area (Å²) < 4.78 is 26.8. The SMILES string of the molecule is CNC(=O)c1cccc(NC(=O)[C@@H]2C[C@@H]2c2ccc(F)cc2F)c1C. The Labute approximate surface area is 144 Å². The fraction of sp³-hybridized carbons (Fsp3) is 0.263. The highest BCUT2D eigenvalue weighted by Gasteiger charge is 2.45. The highest BCUT2D eigenvalue weighted by atomic mass is 19.1. The van der Waals surface area contributed by atoms with E-state index in [2.05, 4.69) is 10.6 Å². The van der Waals surface area contributed by atoms with Gasteiger partial charge in [0.2, 0.25) is 5.91 Å². The van der Waals surface area contributed by atoms with Crippen LogP contribution in [-0.2, 0) is 4.79 Å². The van der Waals surface area contributed by atoms with Crippen LogP contribution in [0.2, 0.25) is 0 Å². The maximum absolute atomic E-state index is 13.8. The Balaban J connectivity index is 1.73. The van der Waals surface area contributed by atoms with Crippen LogP contribution in [0.15, 0.2) is 36.4 Å². The third-order valence-electron chi connectivity index (χ3n) is 4.55. The number of carbonyl (C=O) groups is 2. The minimum atomic E-state index is -0.635. The zero-order chi connectivity index (χ0) is 18.1. The summed E-state index contributed by atoms with van der Waals surface area (Å²) in [6, 6.07) is 8.51. The molecule has 0 bridgehead atoms. The van der Waals surface area contributed by atoms with Gasteiger partial charge in [0.05, 0.1) is 0 Å². The summed E-state index contributed by atoms with van der Waals surface area (Å²) in [5.41, 5.74) is 2.06. The molecular formula is C19H18F2N2O2. The Bertz CT molecular complexity index is 851. The molecule has 2 N–H and O–H groups in total. The van der Waals surface area contributed by atoms with Gasteiger partial charge in [-0.05, 0) is 48.6 Å². The van der Waals surface area contributed by atoms with Crippen LogP contribution >= 0.6 is 0 Å². The van der Waals surface area contributed by atoms with Gasteiger partial charge in [-0.3, -0.25) is 9.59 Å². The molecule has 1 aliphatic carbocycles. The molecule has 0 spiro atoms. The van der Waals surface area contributed by atoms with Crippen molar-refractivity contribution in [1.82, 2.24) is 5.32 Å². The van der Waals surface area contributed by atoms with E-state index in [0.717, 1.165) is 6.07 Å². The predicted molar refractivity (Wildman–Crippen MR) is 90.4 cm³/mol. The molecule has 0 radical (unpaired) electrons. The van der Waals surface area contributed by atoms with E-state index in [0.29, 0.717) is 28.8 Å². The van der Waals surface area contributed by atoms with Crippen LogP contribution in [0.25, 0.3) is 0 Å². The molecule has 0 unspecified atom stereocenters. The van der Waals surface area contributed by atoms with Gasteiger partial charge < -0.3 is 10.6 Å². The molecule has 2 aromatic carbocycles. The summed E-state index contributed by atoms with van der Waals surface area (Å²) in [7, 11) is 1.54. The van der Waals surface area contributed by atoms with Gasteiger partial charge in [-0.15, -0.1) is 0 Å². The van der Waals surface area contributed by atoms with Gasteiger partial charge in [-0.25, -0.2) is 8.78 Å². The van der Waals surface area contributed by atoms with Gasteiger partial charge >= 0.3 is 0 Å². The third kappa shape index (κ3) is 3.38. The Morgan fingerprint density at radius 3 is 2.60 bits per heavy atom. The van der Waals surface area contributed by atoms with Gasteiger partial charge in [-0.1, -0.05) is 12.1 Å². The zero-order valence-electron chi connectivity index (χ0n) is 13.9. The third-order valence-corrected chi connectivity index (χ3v) is 4.55. The maximum Gasteiger partial charge on any atom is 0.251 e. The number of nitrogens with one attached hydrogen (secondary N) is 2. The lowest BCUT2D eigenvalue weighted by molar-refractivity contribution is -0.117. The Morgan fingerprint density at radius 1 is 1.16 bits per heavy atom. The van der Waals surface area contributed by atoms with E-state index in [1.54, 1.807) is 32.2 Å². The molecule has 130 valence electrons. The predicted octanol–water partition coefficient (Wildman–Crippen LogP) is 3.38. The van der Waals surface area contributed by atoms with Crippen LogP contribution in [0.4, 0.5) is 14.5 Å². The van der Waals surface area contributed by atoms with E-state index in [1.165, 1.54) is 12.1 Å². The molecular weight excluding hydrogens is 326 g/mol. The minimum Gasteiger partial charge on any atom is -0.355 e. The van der Waals surface area contributed by atoms with Gasteiger partial charge in [-0.2, -0.15) is 0 Å². The lowest BCUT2D eigenvalue weighted by Gasteiger charge is -2.12. The molecule has 0 aromatic heterocycles. The van der Waals surface area contributed by atoms with Gasteiger partial charge in [0, 0.05) is 30.3 Å². The van der Waals surface area contributed by atoms with E-state index in [1.807, 2.05) is 0 Å². The molecule has 1 fully saturated rings. The summed E-state index contributed by atoms with van der Waals surface area (Å²) in [6.45, 7) is 1.75. The number of hydrogen-bond acceptors (Lipinski definition) is 2. The first-order valence-electron chi connectivity index (χ1n) is 8.00. The normalized spacial score (nSPS) is 18.6. The quantitative estimate of drug-likeness (QED) is 0.893. The van der Waals surface area contributed by atoms with Crippen molar-refractivity contribution in [3.63, 3.8) is 0 Å². The number of benzene rings is 2. The summed E-state index contributed by atoms with van der Waals surface area (Å²) in [4.78, 5) is 24.3. The van der Waals surface area contributed by atoms with Crippen LogP contribution in [0.5, 0.6) is 0 Å². The maximum atomic E-state index is 13.8. The van der Waals surface area contributed by atoms with Crippen LogP contribution in [-0.4, -0.2) is 18.9 Å². The summed E-state index contributed by atoms with van der Waals surface area (Å²) in [5, 5.41) is 5.36. The smallest absolute Gasteiger partial charge is 0.251 e. The molecule has 4 nitrogen and oxygen atoms in total. The number of halogens is 2. The first-order valence-corrected chi connectivity index (χ1v) is 8.00. The Kier molecular flexibility index (Phi) is 4.53. The van der Waals surface area contributed by atoms with Crippen molar-refractivity contribution in [2.75, 3.05) is 12.4 Å². The highest BCUT2D eigenvalue weighted by molar-refractivity contribution is 6.00. The topological polar surface area (TPSA) is 58.2 Å². The van der Waals surface area contributed by atoms with Crippen LogP contribution < -0.4 is 10.6 Å². The Hall–Kier alpha value is -2.76. The molecule has 25 heavy (non-hydrogen) atoms. The van der Waals surface area contributed by atoms with Crippen LogP contribution in [0.1, 0.15) is 33.8 Å². The molecule has 3 rings (SSSR count). The van der Waals surface area contributed by atoms with E-state index in [4.69, 9.17) is 0 Å². The monoisotopic (exact) mass is 344 g/mol. The fourth-order valence-electron chi connectivity index (χ4n) is 3.01. The molecule has 0 saturated heterocycles. The number of anilines is 1. The average molecular weight is 344 g/mol. The highest BCUT2D eigenvalue weighted by Crippen LogP contribution is 2.49. The van der Waals surface area contributed by atoms with Crippen molar-refractivity contribution < 1.29 is 18.4 Å². The van der Waals surface area contributed by atoms with Crippen molar-refractivity contribution in [2.24, 2.45) is 5.92 Å². The van der Waals surface area contributed by atoms with Crippen molar-refractivity contribution in [2.45, 2.75) is 19.3 Å². The summed E-state index contributed by atoms with van der Waals surface area (Å²) in [5.74, 6) is -2.33. The Morgan fingerprint density at radius 2 is 1.92 bits per heavy atom. The number of carbonyl (C=O) groups excluding carboxylic acids is 2. The second-order valence-corrected chi connectivity index (χ2v) is 6.16. The van der Waals surface area contributed by atoms with Crippen molar-refractivity contribution in [3.05, 3.63) is 64.7 Å². The van der Waals surface area contributed by atoms with Crippen LogP contribution in [0.3, 0.4) is 0 Å². The van der Waals surface area contributed by atoms with Gasteiger partial charge in [0.25, 0.3) is 5.91 Å². The van der Waals surface area contributed by atoms with E-state index in [-0.39, 0.29) is 23.7 Å². The minimum absolute atomic E-state index is 0.230. The van der Waals surface area contributed by atoms with Crippen molar-refractivity contribution in [3.8, 4) is 0 Å². The van der Waals surface area contributed by atoms with Crippen molar-refractivity contribution >= 4 is 17.5 Å². The lowest BCUT2D eigenvalue weighted by Crippen LogP contribution is -2.21. The molecule has 2 aromatic rings. The average Bonchev–Trinajstić information content (AvgIpc) is 3.36. The summed E-state index contributed by atoms with van der Waals surface area (Å²) >= 11 is 0. The molecule has 0 heterocycles. The van der Waals surface area contributed by atoms with E-state index in [9.17, 15) is 18.4 Å². The lowest BCUT2D eigenvalue weighted by atomic mass is 10.1. The first-order chi connectivity index (χ1) is 11.9. The van der Waals surface area contributed by atoms with E-state index < -0.39 is 11.6 Å². The van der Waals surface area contributed by atoms with Crippen LogP contribution in [0, 0.1) is 24.5 Å². The molecule has 1 saturated carbocycles. The number of rotatable bonds is 4. The molecule has 6 heteroatoms. The zero-order valence-corrected chi connectivity index (χ0v) is 13.9. The first kappa shape index (κ1) is 17.1. The number of amides is 2. The standard InChI is InChI=1S/C19H18F2N2O2/c1-10-12(18(24)22-2)4-3-5-17(10)23-19(25)15-9-14(15)13-7-6-11(20)8-16(13)21/h3-8,14-15H,9H2,1-2H3,(H,22,24)(H,23,25)/t14-,15-/m1/s1. The molecule has 2 amide bonds. The molecule has 0 aliphatic heterocycles. The second kappa shape index (κ2) is 6.63. The second-order valence-electron chi connectivity index (χ2n) is 6.16. The van der Waals surface area contributed by atoms with Gasteiger partial charge in [0.1, 0.15) is 11.6 Å². The number of hydrogen-bond donors (Lipinski definition) is 2. The van der Waals surface area contributed by atoms with E-state index >= 15 is 0 Å². The van der Waals surface area contributed by atoms with Gasteiger partial charge in [0.15, 0.2) is 0 Å². The molecule has 1 aliphatic rings. The van der Waals surface area contributed by atoms with Crippen molar-refractivity contribution in [1.29, 1.82) is 0 Å². The largest absolute Gasteiger partial charge is 0.355 e. The molecule has 2 atom stereocenters. The summed E-state index contributed by atoms with van der Waals surface area (Å²) in [6.07, 6.45) is 0.516.